The lowest BCUT2D eigenvalue weighted by Gasteiger charge is -2.40. The van der Waals surface area contributed by atoms with Crippen LogP contribution < -0.4 is 5.32 Å². The van der Waals surface area contributed by atoms with Gasteiger partial charge in [0.2, 0.25) is 0 Å². The fourth-order valence-electron chi connectivity index (χ4n) is 2.62. The van der Waals surface area contributed by atoms with E-state index in [1.54, 1.807) is 0 Å². The van der Waals surface area contributed by atoms with E-state index in [9.17, 15) is 0 Å². The molecular weight excluding hydrogens is 276 g/mol. The molecule has 0 amide bonds. The molecule has 1 aromatic rings. The van der Waals surface area contributed by atoms with E-state index in [0.717, 1.165) is 19.6 Å². The Hall–Kier alpha value is -0.380. The molecule has 0 aromatic heterocycles. The second kappa shape index (κ2) is 5.98. The maximum atomic E-state index is 3.56. The number of hydrogen-bond acceptors (Lipinski definition) is 2. The van der Waals surface area contributed by atoms with Crippen molar-refractivity contribution in [2.45, 2.75) is 32.4 Å². The Morgan fingerprint density at radius 2 is 2.35 bits per heavy atom. The Balaban J connectivity index is 2.15. The number of nitrogens with zero attached hydrogens (tertiary/aromatic N) is 1. The number of nitrogens with one attached hydrogen (secondary N) is 1. The van der Waals surface area contributed by atoms with Crippen LogP contribution in [0.1, 0.15) is 31.9 Å². The van der Waals surface area contributed by atoms with Gasteiger partial charge in [-0.15, -0.1) is 0 Å². The summed E-state index contributed by atoms with van der Waals surface area (Å²) in [6.45, 7) is 7.96. The number of hydrogen-bond donors (Lipinski definition) is 1. The summed E-state index contributed by atoms with van der Waals surface area (Å²) in [6, 6.07) is 9.84. The quantitative estimate of drug-likeness (QED) is 0.921. The number of benzene rings is 1. The van der Waals surface area contributed by atoms with Crippen molar-refractivity contribution in [3.8, 4) is 0 Å². The van der Waals surface area contributed by atoms with Crippen LogP contribution in [0.2, 0.25) is 0 Å². The molecule has 1 heterocycles. The average Bonchev–Trinajstić information content (AvgIpc) is 2.38. The second-order valence-electron chi connectivity index (χ2n) is 4.74. The Kier molecular flexibility index (Phi) is 4.60. The van der Waals surface area contributed by atoms with Gasteiger partial charge >= 0.3 is 0 Å². The zero-order valence-corrected chi connectivity index (χ0v) is 12.2. The van der Waals surface area contributed by atoms with Gasteiger partial charge in [-0.05, 0) is 31.0 Å². The molecule has 1 N–H and O–H groups in total. The van der Waals surface area contributed by atoms with Gasteiger partial charge in [-0.3, -0.25) is 4.90 Å². The maximum Gasteiger partial charge on any atom is 0.0324 e. The van der Waals surface area contributed by atoms with Crippen LogP contribution in [0.15, 0.2) is 28.7 Å². The summed E-state index contributed by atoms with van der Waals surface area (Å²) in [5, 5.41) is 3.48. The summed E-state index contributed by atoms with van der Waals surface area (Å²) >= 11 is 3.56. The highest BCUT2D eigenvalue weighted by Crippen LogP contribution is 2.26. The minimum atomic E-state index is 0.500. The van der Waals surface area contributed by atoms with Gasteiger partial charge in [-0.25, -0.2) is 0 Å². The minimum absolute atomic E-state index is 0.500. The van der Waals surface area contributed by atoms with Crippen LogP contribution >= 0.6 is 15.9 Å². The Morgan fingerprint density at radius 1 is 1.53 bits per heavy atom. The second-order valence-corrected chi connectivity index (χ2v) is 5.65. The Morgan fingerprint density at radius 3 is 3.06 bits per heavy atom. The zero-order chi connectivity index (χ0) is 12.3. The van der Waals surface area contributed by atoms with Gasteiger partial charge in [-0.1, -0.05) is 35.0 Å². The smallest absolute Gasteiger partial charge is 0.0324 e. The van der Waals surface area contributed by atoms with Gasteiger partial charge in [0.1, 0.15) is 0 Å². The van der Waals surface area contributed by atoms with Crippen molar-refractivity contribution in [2.75, 3.05) is 19.6 Å². The lowest BCUT2D eigenvalue weighted by atomic mass is 10.0. The fraction of sp³-hybridized carbons (Fsp3) is 0.571. The molecule has 2 atom stereocenters. The number of rotatable bonds is 3. The Labute approximate surface area is 113 Å². The van der Waals surface area contributed by atoms with Gasteiger partial charge in [0.15, 0.2) is 0 Å². The summed E-state index contributed by atoms with van der Waals surface area (Å²) in [6.07, 6.45) is 1.21. The van der Waals surface area contributed by atoms with Crippen molar-refractivity contribution in [3.63, 3.8) is 0 Å². The number of piperazine rings is 1. The third kappa shape index (κ3) is 3.09. The molecule has 0 saturated carbocycles. The average molecular weight is 297 g/mol. The third-order valence-electron chi connectivity index (χ3n) is 3.70. The minimum Gasteiger partial charge on any atom is -0.314 e. The molecule has 2 rings (SSSR count). The monoisotopic (exact) mass is 296 g/mol. The topological polar surface area (TPSA) is 15.3 Å². The van der Waals surface area contributed by atoms with Gasteiger partial charge < -0.3 is 5.32 Å². The summed E-state index contributed by atoms with van der Waals surface area (Å²) in [5.41, 5.74) is 1.40. The Bertz CT molecular complexity index is 367. The first kappa shape index (κ1) is 13.1. The van der Waals surface area contributed by atoms with Crippen LogP contribution in [-0.4, -0.2) is 30.6 Å². The van der Waals surface area contributed by atoms with Crippen LogP contribution in [0.3, 0.4) is 0 Å². The van der Waals surface area contributed by atoms with E-state index in [-0.39, 0.29) is 0 Å². The highest BCUT2D eigenvalue weighted by molar-refractivity contribution is 9.10. The predicted octanol–water partition coefficient (Wildman–Crippen LogP) is 3.19. The molecule has 2 unspecified atom stereocenters. The maximum absolute atomic E-state index is 3.56. The van der Waals surface area contributed by atoms with Crippen molar-refractivity contribution in [1.29, 1.82) is 0 Å². The van der Waals surface area contributed by atoms with Crippen molar-refractivity contribution in [3.05, 3.63) is 34.3 Å². The van der Waals surface area contributed by atoms with Gasteiger partial charge in [0.25, 0.3) is 0 Å². The molecule has 0 radical (unpaired) electrons. The molecule has 3 heteroatoms. The predicted molar refractivity (Wildman–Crippen MR) is 76.2 cm³/mol. The lowest BCUT2D eigenvalue weighted by molar-refractivity contribution is 0.112. The molecular formula is C14H21BrN2. The summed E-state index contributed by atoms with van der Waals surface area (Å²) in [5.74, 6) is 0. The molecule has 94 valence electrons. The first-order chi connectivity index (χ1) is 8.22. The van der Waals surface area contributed by atoms with Crippen molar-refractivity contribution in [1.82, 2.24) is 10.2 Å². The van der Waals surface area contributed by atoms with E-state index in [4.69, 9.17) is 0 Å². The molecule has 1 aliphatic heterocycles. The molecule has 1 aliphatic rings. The first-order valence-electron chi connectivity index (χ1n) is 6.44. The number of halogens is 1. The molecule has 0 bridgehead atoms. The summed E-state index contributed by atoms with van der Waals surface area (Å²) in [7, 11) is 0. The molecule has 2 nitrogen and oxygen atoms in total. The molecule has 1 fully saturated rings. The van der Waals surface area contributed by atoms with Crippen molar-refractivity contribution < 1.29 is 0 Å². The van der Waals surface area contributed by atoms with E-state index in [1.807, 2.05) is 0 Å². The molecule has 1 saturated heterocycles. The summed E-state index contributed by atoms with van der Waals surface area (Å²) < 4.78 is 1.17. The van der Waals surface area contributed by atoms with Crippen molar-refractivity contribution >= 4 is 15.9 Å². The van der Waals surface area contributed by atoms with Gasteiger partial charge in [-0.2, -0.15) is 0 Å². The normalized spacial score (nSPS) is 23.6. The van der Waals surface area contributed by atoms with E-state index in [2.05, 4.69) is 64.3 Å². The molecule has 0 aliphatic carbocycles. The molecule has 0 spiro atoms. The van der Waals surface area contributed by atoms with E-state index < -0.39 is 0 Å². The van der Waals surface area contributed by atoms with Crippen LogP contribution in [-0.2, 0) is 0 Å². The molecule has 1 aromatic carbocycles. The van der Waals surface area contributed by atoms with Gasteiger partial charge in [0.05, 0.1) is 0 Å². The van der Waals surface area contributed by atoms with E-state index >= 15 is 0 Å². The molecule has 17 heavy (non-hydrogen) atoms. The fourth-order valence-corrected chi connectivity index (χ4v) is 3.04. The lowest BCUT2D eigenvalue weighted by Crippen LogP contribution is -2.51. The first-order valence-corrected chi connectivity index (χ1v) is 7.23. The highest BCUT2D eigenvalue weighted by Gasteiger charge is 2.25. The SMILES string of the molecule is CCC1CNCCN1C(C)c1cccc(Br)c1. The highest BCUT2D eigenvalue weighted by atomic mass is 79.9. The zero-order valence-electron chi connectivity index (χ0n) is 10.6. The van der Waals surface area contributed by atoms with E-state index in [0.29, 0.717) is 12.1 Å². The van der Waals surface area contributed by atoms with Crippen LogP contribution in [0.25, 0.3) is 0 Å². The largest absolute Gasteiger partial charge is 0.314 e. The van der Waals surface area contributed by atoms with Crippen LogP contribution in [0.4, 0.5) is 0 Å². The van der Waals surface area contributed by atoms with Crippen LogP contribution in [0.5, 0.6) is 0 Å². The third-order valence-corrected chi connectivity index (χ3v) is 4.19. The van der Waals surface area contributed by atoms with E-state index in [1.165, 1.54) is 16.5 Å². The van der Waals surface area contributed by atoms with Crippen LogP contribution in [0, 0.1) is 0 Å². The summed E-state index contributed by atoms with van der Waals surface area (Å²) in [4.78, 5) is 2.62. The van der Waals surface area contributed by atoms with Gasteiger partial charge in [0, 0.05) is 36.2 Å². The van der Waals surface area contributed by atoms with Crippen molar-refractivity contribution in [2.24, 2.45) is 0 Å². The standard InChI is InChI=1S/C14H21BrN2/c1-3-14-10-16-7-8-17(14)11(2)12-5-4-6-13(15)9-12/h4-6,9,11,14,16H,3,7-8,10H2,1-2H3.